The number of methoxy groups -OCH3 is 3. The molecule has 65 heavy (non-hydrogen) atoms. The molecule has 3 unspecified atom stereocenters. The highest BCUT2D eigenvalue weighted by Crippen LogP contribution is 2.70. The van der Waals surface area contributed by atoms with Gasteiger partial charge in [0.1, 0.15) is 11.2 Å². The number of aliphatic hydroxyl groups is 1. The van der Waals surface area contributed by atoms with Crippen molar-refractivity contribution >= 4 is 40.6 Å². The Hall–Kier alpha value is -4.86. The lowest BCUT2D eigenvalue weighted by atomic mass is 9.47. The van der Waals surface area contributed by atoms with Gasteiger partial charge in [0, 0.05) is 102 Å². The molecule has 2 aromatic carbocycles. The van der Waals surface area contributed by atoms with Gasteiger partial charge in [0.05, 0.1) is 26.4 Å². The molecule has 344 valence electrons. The first-order chi connectivity index (χ1) is 31.2. The molecule has 1 saturated carbocycles. The second kappa shape index (κ2) is 15.9. The van der Waals surface area contributed by atoms with Gasteiger partial charge in [-0.15, -0.1) is 0 Å². The lowest BCUT2D eigenvalue weighted by Crippen LogP contribution is -2.79. The number of ether oxygens (including phenoxy) is 4. The lowest BCUT2D eigenvalue weighted by molar-refractivity contribution is -0.243. The van der Waals surface area contributed by atoms with E-state index in [1.54, 1.807) is 31.0 Å². The number of aromatic hydroxyl groups is 1. The van der Waals surface area contributed by atoms with Gasteiger partial charge in [0.2, 0.25) is 5.60 Å². The van der Waals surface area contributed by atoms with Crippen molar-refractivity contribution in [1.82, 2.24) is 19.7 Å². The van der Waals surface area contributed by atoms with Crippen LogP contribution in [0, 0.1) is 22.7 Å². The summed E-state index contributed by atoms with van der Waals surface area (Å²) in [7, 11) is 6.30. The molecule has 10 rings (SSSR count). The zero-order valence-electron chi connectivity index (χ0n) is 38.3. The van der Waals surface area contributed by atoms with E-state index in [1.165, 1.54) is 26.7 Å². The SMILES string of the molecule is CCC1=C[C@H]2CN(C1)Cc1c([nH]c3ccc(Sc4cccc(O)c4)cc13)[C@@](C(=O)OC)(C1C=C3C(=CC1OC)N(C)[C@H]1[C@@](O)(C(=O)OC)[C@H](OC(C)=O)[C@]4(CC)C=CCN5CC[C@]31[C@@H]54)C2. The number of carbonyl (C=O) groups excluding carboxylic acids is 3. The summed E-state index contributed by atoms with van der Waals surface area (Å²) >= 11 is 1.57. The maximum Gasteiger partial charge on any atom is 0.344 e. The predicted octanol–water partition coefficient (Wildman–Crippen LogP) is 6.25. The van der Waals surface area contributed by atoms with E-state index in [4.69, 9.17) is 18.9 Å². The molecule has 2 saturated heterocycles. The average Bonchev–Trinajstić information content (AvgIpc) is 3.94. The van der Waals surface area contributed by atoms with Gasteiger partial charge in [-0.05, 0) is 91.8 Å². The van der Waals surface area contributed by atoms with Crippen LogP contribution in [0.4, 0.5) is 0 Å². The summed E-state index contributed by atoms with van der Waals surface area (Å²) in [5, 5.41) is 24.7. The number of aromatic amines is 1. The van der Waals surface area contributed by atoms with Crippen molar-refractivity contribution in [1.29, 1.82) is 0 Å². The summed E-state index contributed by atoms with van der Waals surface area (Å²) < 4.78 is 24.3. The minimum atomic E-state index is -2.29. The average molecular weight is 905 g/mol. The number of hydrogen-bond acceptors (Lipinski definition) is 13. The van der Waals surface area contributed by atoms with Gasteiger partial charge in [-0.1, -0.05) is 61.6 Å². The Morgan fingerprint density at radius 1 is 0.969 bits per heavy atom. The minimum Gasteiger partial charge on any atom is -0.508 e. The number of allylic oxidation sites excluding steroid dienone is 1. The van der Waals surface area contributed by atoms with Gasteiger partial charge in [-0.3, -0.25) is 19.4 Å². The number of H-pyrrole nitrogens is 1. The van der Waals surface area contributed by atoms with Crippen LogP contribution in [0.15, 0.2) is 99.5 Å². The van der Waals surface area contributed by atoms with Crippen LogP contribution in [0.1, 0.15) is 57.7 Å². The number of esters is 3. The molecule has 1 spiro atoms. The van der Waals surface area contributed by atoms with Crippen molar-refractivity contribution in [2.75, 3.05) is 54.6 Å². The summed E-state index contributed by atoms with van der Waals surface area (Å²) in [4.78, 5) is 55.7. The minimum absolute atomic E-state index is 0.00876. The summed E-state index contributed by atoms with van der Waals surface area (Å²) in [6.45, 7) is 9.06. The van der Waals surface area contributed by atoms with Crippen LogP contribution in [-0.4, -0.2) is 132 Å². The van der Waals surface area contributed by atoms with E-state index >= 15 is 4.79 Å². The van der Waals surface area contributed by atoms with E-state index < -0.39 is 58.0 Å². The quantitative estimate of drug-likeness (QED) is 0.126. The topological polar surface area (TPSA) is 154 Å². The first-order valence-corrected chi connectivity index (χ1v) is 23.8. The molecule has 6 heterocycles. The Kier molecular flexibility index (Phi) is 10.8. The largest absolute Gasteiger partial charge is 0.508 e. The van der Waals surface area contributed by atoms with Crippen molar-refractivity contribution < 1.29 is 43.5 Å². The van der Waals surface area contributed by atoms with Gasteiger partial charge in [0.15, 0.2) is 6.10 Å². The van der Waals surface area contributed by atoms with Crippen LogP contribution in [0.25, 0.3) is 10.9 Å². The first kappa shape index (κ1) is 44.0. The van der Waals surface area contributed by atoms with Crippen LogP contribution in [-0.2, 0) is 45.3 Å². The number of aromatic nitrogens is 1. The van der Waals surface area contributed by atoms with E-state index in [0.717, 1.165) is 62.7 Å². The standard InChI is InChI=1S/C51H60N4O9S/c1-8-30-20-31-25-50(46(58)62-6,42-36(28-54(26-30)27-31)35-22-34(14-15-39(35)52-42)65-33-13-10-12-32(57)21-33)38-23-37-40(24-41(38)61-5)53(4)44-49(37)17-19-55-18-11-16-48(9-2,43(49)55)45(64-29(3)56)51(44,60)47(59)63-7/h10-16,20-24,31,38,41,43-45,52,57,60H,8-9,17-19,25-28H2,1-7H3/t31-,38?,41?,43+,44-,45-,48-,49-,50+,51+/m1/s1. The van der Waals surface area contributed by atoms with E-state index in [2.05, 4.69) is 70.3 Å². The Morgan fingerprint density at radius 3 is 2.46 bits per heavy atom. The third-order valence-corrected chi connectivity index (χ3v) is 17.3. The molecule has 13 nitrogen and oxygen atoms in total. The molecule has 7 aliphatic rings. The molecule has 2 aliphatic carbocycles. The fourth-order valence-electron chi connectivity index (χ4n) is 14.1. The van der Waals surface area contributed by atoms with Gasteiger partial charge in [-0.25, -0.2) is 4.79 Å². The Balaban J connectivity index is 1.22. The smallest absolute Gasteiger partial charge is 0.344 e. The molecule has 3 fully saturated rings. The maximum atomic E-state index is 15.5. The van der Waals surface area contributed by atoms with Crippen molar-refractivity contribution in [2.24, 2.45) is 22.7 Å². The molecular weight excluding hydrogens is 845 g/mol. The molecular formula is C51H60N4O9S. The zero-order valence-corrected chi connectivity index (χ0v) is 39.1. The number of carbonyl (C=O) groups is 3. The van der Waals surface area contributed by atoms with Crippen LogP contribution in [0.5, 0.6) is 5.75 Å². The van der Waals surface area contributed by atoms with Crippen molar-refractivity contribution in [3.63, 3.8) is 0 Å². The second-order valence-corrected chi connectivity index (χ2v) is 20.4. The van der Waals surface area contributed by atoms with Crippen molar-refractivity contribution in [3.8, 4) is 5.75 Å². The highest BCUT2D eigenvalue weighted by molar-refractivity contribution is 7.99. The Labute approximate surface area is 384 Å². The predicted molar refractivity (Wildman–Crippen MR) is 245 cm³/mol. The number of phenols is 1. The highest BCUT2D eigenvalue weighted by Gasteiger charge is 2.81. The number of phenolic OH excluding ortho intramolecular Hbond substituents is 1. The molecule has 3 aromatic rings. The van der Waals surface area contributed by atoms with Crippen LogP contribution in [0.2, 0.25) is 0 Å². The number of fused-ring (bicyclic) bond motifs is 6. The van der Waals surface area contributed by atoms with Gasteiger partial charge < -0.3 is 39.0 Å². The monoisotopic (exact) mass is 904 g/mol. The second-order valence-electron chi connectivity index (χ2n) is 19.3. The number of likely N-dealkylation sites (N-methyl/N-ethyl adjacent to an activating group) is 1. The lowest BCUT2D eigenvalue weighted by Gasteiger charge is -2.63. The van der Waals surface area contributed by atoms with Crippen LogP contribution >= 0.6 is 11.8 Å². The molecule has 3 N–H and O–H groups in total. The van der Waals surface area contributed by atoms with E-state index in [-0.39, 0.29) is 23.7 Å². The van der Waals surface area contributed by atoms with Crippen LogP contribution in [0.3, 0.4) is 0 Å². The third kappa shape index (κ3) is 6.15. The van der Waals surface area contributed by atoms with Gasteiger partial charge >= 0.3 is 17.9 Å². The van der Waals surface area contributed by atoms with E-state index in [1.807, 2.05) is 31.0 Å². The summed E-state index contributed by atoms with van der Waals surface area (Å²) in [6.07, 6.45) is 11.3. The molecule has 14 heteroatoms. The molecule has 11 atom stereocenters. The summed E-state index contributed by atoms with van der Waals surface area (Å²) in [5.41, 5.74) is 0.353. The number of nitrogens with zero attached hydrogens (tertiary/aromatic N) is 3. The van der Waals surface area contributed by atoms with E-state index in [9.17, 15) is 19.8 Å². The number of likely N-dealkylation sites (tertiary alicyclic amines) is 1. The Bertz CT molecular complexity index is 2600. The zero-order chi connectivity index (χ0) is 45.8. The van der Waals surface area contributed by atoms with Crippen LogP contribution < -0.4 is 0 Å². The molecule has 1 aromatic heterocycles. The first-order valence-electron chi connectivity index (χ1n) is 23.0. The normalized spacial score (nSPS) is 35.7. The Morgan fingerprint density at radius 2 is 1.75 bits per heavy atom. The molecule has 0 amide bonds. The maximum absolute atomic E-state index is 15.5. The number of rotatable bonds is 9. The molecule has 5 aliphatic heterocycles. The van der Waals surface area contributed by atoms with Gasteiger partial charge in [0.25, 0.3) is 0 Å². The van der Waals surface area contributed by atoms with Crippen molar-refractivity contribution in [3.05, 3.63) is 101 Å². The number of hydrogen-bond donors (Lipinski definition) is 3. The van der Waals surface area contributed by atoms with E-state index in [0.29, 0.717) is 38.9 Å². The third-order valence-electron chi connectivity index (χ3n) is 16.3. The highest BCUT2D eigenvalue weighted by atomic mass is 32.2. The molecule has 0 radical (unpaired) electrons. The summed E-state index contributed by atoms with van der Waals surface area (Å²) in [6, 6.07) is 12.4. The molecule has 2 bridgehead atoms. The fourth-order valence-corrected chi connectivity index (χ4v) is 15.0. The number of benzene rings is 2. The van der Waals surface area contributed by atoms with Crippen molar-refractivity contribution in [2.45, 2.75) is 98.1 Å². The number of nitrogens with one attached hydrogen (secondary N) is 1. The fraction of sp³-hybridized carbons (Fsp3) is 0.510. The summed E-state index contributed by atoms with van der Waals surface area (Å²) in [5.74, 6) is -2.22. The van der Waals surface area contributed by atoms with Gasteiger partial charge in [-0.2, -0.15) is 0 Å².